The number of para-hydroxylation sites is 2. The molecule has 9 aromatic carbocycles. The third kappa shape index (κ3) is 6.76. The largest absolute Gasteiger partial charge is 0.310 e. The summed E-state index contributed by atoms with van der Waals surface area (Å²) in [6, 6.07) is 80.9. The van der Waals surface area contributed by atoms with Gasteiger partial charge in [-0.1, -0.05) is 176 Å². The molecule has 0 aliphatic heterocycles. The van der Waals surface area contributed by atoms with E-state index in [4.69, 9.17) is 15.0 Å². The van der Waals surface area contributed by atoms with Crippen LogP contribution in [0.4, 0.5) is 17.1 Å². The number of pyridine rings is 1. The van der Waals surface area contributed by atoms with Crippen molar-refractivity contribution in [2.45, 2.75) is 0 Å². The van der Waals surface area contributed by atoms with Gasteiger partial charge in [-0.3, -0.25) is 0 Å². The molecule has 0 saturated carbocycles. The molecule has 11 rings (SSSR count). The molecule has 0 radical (unpaired) electrons. The van der Waals surface area contributed by atoms with E-state index >= 15 is 0 Å². The van der Waals surface area contributed by atoms with E-state index < -0.39 is 0 Å². The third-order valence-corrected chi connectivity index (χ3v) is 11.4. The average Bonchev–Trinajstić information content (AvgIpc) is 3.35. The van der Waals surface area contributed by atoms with Gasteiger partial charge in [-0.2, -0.15) is 0 Å². The normalized spacial score (nSPS) is 11.3. The molecule has 0 N–H and O–H groups in total. The first kappa shape index (κ1) is 35.9. The smallest absolute Gasteiger partial charge is 0.160 e. The Morgan fingerprint density at radius 3 is 1.44 bits per heavy atom. The molecule has 0 spiro atoms. The molecule has 0 aliphatic rings. The molecule has 0 bridgehead atoms. The number of fused-ring (bicyclic) bond motifs is 5. The molecule has 0 aliphatic carbocycles. The second kappa shape index (κ2) is 15.5. The van der Waals surface area contributed by atoms with Crippen LogP contribution in [0, 0.1) is 0 Å². The molecule has 0 amide bonds. The lowest BCUT2D eigenvalue weighted by Gasteiger charge is -2.26. The van der Waals surface area contributed by atoms with Gasteiger partial charge in [0.25, 0.3) is 0 Å². The Hall–Kier alpha value is -8.21. The minimum Gasteiger partial charge on any atom is -0.310 e. The van der Waals surface area contributed by atoms with Crippen molar-refractivity contribution < 1.29 is 0 Å². The van der Waals surface area contributed by atoms with Gasteiger partial charge in [0.05, 0.1) is 22.6 Å². The van der Waals surface area contributed by atoms with Crippen molar-refractivity contribution in [3.8, 4) is 56.3 Å². The van der Waals surface area contributed by atoms with E-state index in [1.54, 1.807) is 0 Å². The lowest BCUT2D eigenvalue weighted by molar-refractivity contribution is 1.19. The Labute approximate surface area is 354 Å². The number of aromatic nitrogens is 3. The van der Waals surface area contributed by atoms with Crippen molar-refractivity contribution in [2.24, 2.45) is 0 Å². The van der Waals surface area contributed by atoms with Gasteiger partial charge in [-0.25, -0.2) is 15.0 Å². The zero-order valence-corrected chi connectivity index (χ0v) is 33.2. The summed E-state index contributed by atoms with van der Waals surface area (Å²) in [4.78, 5) is 18.4. The van der Waals surface area contributed by atoms with E-state index in [9.17, 15) is 0 Å². The fourth-order valence-electron chi connectivity index (χ4n) is 8.54. The highest BCUT2D eigenvalue weighted by molar-refractivity contribution is 6.25. The molecule has 0 fully saturated rings. The Balaban J connectivity index is 1.17. The Kier molecular flexibility index (Phi) is 9.14. The predicted octanol–water partition coefficient (Wildman–Crippen LogP) is 15.1. The van der Waals surface area contributed by atoms with Crippen molar-refractivity contribution in [3.63, 3.8) is 0 Å². The maximum absolute atomic E-state index is 5.47. The maximum atomic E-state index is 5.47. The van der Waals surface area contributed by atoms with E-state index in [1.807, 2.05) is 12.1 Å². The number of benzene rings is 9. The topological polar surface area (TPSA) is 41.9 Å². The van der Waals surface area contributed by atoms with Crippen LogP contribution in [0.1, 0.15) is 0 Å². The van der Waals surface area contributed by atoms with Gasteiger partial charge in [0.15, 0.2) is 5.82 Å². The first-order chi connectivity index (χ1) is 30.2. The van der Waals surface area contributed by atoms with Crippen LogP contribution in [0.2, 0.25) is 0 Å². The Morgan fingerprint density at radius 2 is 0.803 bits per heavy atom. The van der Waals surface area contributed by atoms with E-state index in [2.05, 4.69) is 223 Å². The van der Waals surface area contributed by atoms with Crippen LogP contribution in [-0.2, 0) is 0 Å². The molecule has 11 aromatic rings. The van der Waals surface area contributed by atoms with Gasteiger partial charge in [0.2, 0.25) is 0 Å². The van der Waals surface area contributed by atoms with Crippen LogP contribution in [-0.4, -0.2) is 15.0 Å². The summed E-state index contributed by atoms with van der Waals surface area (Å²) in [7, 11) is 0. The molecular weight excluding hydrogens is 741 g/mol. The number of anilines is 3. The number of rotatable bonds is 8. The zero-order chi connectivity index (χ0) is 40.5. The first-order valence-corrected chi connectivity index (χ1v) is 20.6. The van der Waals surface area contributed by atoms with Crippen LogP contribution in [0.5, 0.6) is 0 Å². The van der Waals surface area contributed by atoms with E-state index in [1.165, 1.54) is 5.56 Å². The van der Waals surface area contributed by atoms with Gasteiger partial charge in [0, 0.05) is 55.5 Å². The summed E-state index contributed by atoms with van der Waals surface area (Å²) in [5.74, 6) is 0.673. The minimum absolute atomic E-state index is 0.673. The number of hydrogen-bond acceptors (Lipinski definition) is 4. The van der Waals surface area contributed by atoms with Gasteiger partial charge >= 0.3 is 0 Å². The molecule has 2 aromatic heterocycles. The third-order valence-electron chi connectivity index (χ3n) is 11.4. The highest BCUT2D eigenvalue weighted by atomic mass is 15.1. The molecule has 0 saturated heterocycles. The second-order valence-electron chi connectivity index (χ2n) is 15.2. The lowest BCUT2D eigenvalue weighted by Crippen LogP contribution is -2.09. The van der Waals surface area contributed by atoms with Crippen LogP contribution in [0.25, 0.3) is 88.7 Å². The van der Waals surface area contributed by atoms with Gasteiger partial charge in [-0.15, -0.1) is 0 Å². The summed E-state index contributed by atoms with van der Waals surface area (Å²) in [6.45, 7) is 0. The highest BCUT2D eigenvalue weighted by Gasteiger charge is 2.21. The maximum Gasteiger partial charge on any atom is 0.160 e. The monoisotopic (exact) mass is 778 g/mol. The average molecular weight is 779 g/mol. The molecular formula is C57H38N4. The molecule has 61 heavy (non-hydrogen) atoms. The van der Waals surface area contributed by atoms with Crippen LogP contribution in [0.15, 0.2) is 231 Å². The summed E-state index contributed by atoms with van der Waals surface area (Å²) in [5, 5.41) is 5.54. The molecule has 286 valence electrons. The minimum atomic E-state index is 0.673. The van der Waals surface area contributed by atoms with Gasteiger partial charge in [0.1, 0.15) is 0 Å². The predicted molar refractivity (Wildman–Crippen MR) is 254 cm³/mol. The van der Waals surface area contributed by atoms with Crippen molar-refractivity contribution in [3.05, 3.63) is 231 Å². The van der Waals surface area contributed by atoms with Crippen LogP contribution < -0.4 is 4.90 Å². The summed E-state index contributed by atoms with van der Waals surface area (Å²) >= 11 is 0. The fraction of sp³-hybridized carbons (Fsp3) is 0. The summed E-state index contributed by atoms with van der Waals surface area (Å²) in [5.41, 5.74) is 13.2. The Bertz CT molecular complexity index is 3280. The number of hydrogen-bond donors (Lipinski definition) is 0. The number of nitrogens with zero attached hydrogens (tertiary/aromatic N) is 4. The van der Waals surface area contributed by atoms with Crippen LogP contribution in [0.3, 0.4) is 0 Å². The first-order valence-electron chi connectivity index (χ1n) is 20.6. The standard InChI is InChI=1S/C57H38N4/c1-6-18-39(19-7-1)40-30-32-43(33-31-40)57-59-53(41-20-8-2-9-21-41)38-54(60-57)49-37-51-55(48-29-17-16-28-47(48)49)50-36-46(34-35-52(50)58-56(51)42-22-10-3-11-23-42)61(44-24-12-4-13-25-44)45-26-14-5-15-27-45/h1-38H. The highest BCUT2D eigenvalue weighted by Crippen LogP contribution is 2.44. The zero-order valence-electron chi connectivity index (χ0n) is 33.2. The molecule has 0 atom stereocenters. The fourth-order valence-corrected chi connectivity index (χ4v) is 8.54. The molecule has 4 heteroatoms. The van der Waals surface area contributed by atoms with Gasteiger partial charge < -0.3 is 4.90 Å². The molecule has 0 unspecified atom stereocenters. The van der Waals surface area contributed by atoms with Crippen molar-refractivity contribution in [1.82, 2.24) is 15.0 Å². The Morgan fingerprint density at radius 1 is 0.295 bits per heavy atom. The quantitative estimate of drug-likeness (QED) is 0.144. The molecule has 4 nitrogen and oxygen atoms in total. The summed E-state index contributed by atoms with van der Waals surface area (Å²) in [6.07, 6.45) is 0. The van der Waals surface area contributed by atoms with Crippen molar-refractivity contribution >= 4 is 49.5 Å². The van der Waals surface area contributed by atoms with Gasteiger partial charge in [-0.05, 0) is 76.5 Å². The van der Waals surface area contributed by atoms with Crippen LogP contribution >= 0.6 is 0 Å². The molecule has 2 heterocycles. The SMILES string of the molecule is c1ccc(-c2ccc(-c3nc(-c4ccccc4)cc(-c4cc5c(-c6ccccc6)nc6ccc(N(c7ccccc7)c7ccccc7)cc6c5c5ccccc45)n3)cc2)cc1. The van der Waals surface area contributed by atoms with E-state index in [-0.39, 0.29) is 0 Å². The van der Waals surface area contributed by atoms with E-state index in [0.29, 0.717) is 5.82 Å². The summed E-state index contributed by atoms with van der Waals surface area (Å²) < 4.78 is 0. The van der Waals surface area contributed by atoms with Crippen molar-refractivity contribution in [1.29, 1.82) is 0 Å². The van der Waals surface area contributed by atoms with E-state index in [0.717, 1.165) is 94.4 Å². The lowest BCUT2D eigenvalue weighted by atomic mass is 9.90. The van der Waals surface area contributed by atoms with Crippen molar-refractivity contribution in [2.75, 3.05) is 4.90 Å². The second-order valence-corrected chi connectivity index (χ2v) is 15.2.